The maximum Gasteiger partial charge on any atom is 0.236 e. The van der Waals surface area contributed by atoms with Gasteiger partial charge < -0.3 is 4.90 Å². The predicted molar refractivity (Wildman–Crippen MR) is 96.9 cm³/mol. The molecule has 0 radical (unpaired) electrons. The Labute approximate surface area is 155 Å². The van der Waals surface area contributed by atoms with E-state index in [2.05, 4.69) is 31.4 Å². The monoisotopic (exact) mass is 374 g/mol. The van der Waals surface area contributed by atoms with Gasteiger partial charge in [-0.15, -0.1) is 0 Å². The minimum atomic E-state index is 0.0512. The predicted octanol–water partition coefficient (Wildman–Crippen LogP) is -0.105. The minimum absolute atomic E-state index is 0.0512. The van der Waals surface area contributed by atoms with Crippen molar-refractivity contribution >= 4 is 5.91 Å². The topological polar surface area (TPSA) is 89.0 Å². The van der Waals surface area contributed by atoms with Gasteiger partial charge in [0.1, 0.15) is 0 Å². The van der Waals surface area contributed by atoms with Gasteiger partial charge in [0.25, 0.3) is 0 Å². The van der Waals surface area contributed by atoms with Gasteiger partial charge in [-0.3, -0.25) is 30.0 Å². The van der Waals surface area contributed by atoms with Crippen LogP contribution in [0, 0.1) is 0 Å². The first-order chi connectivity index (χ1) is 12.6. The van der Waals surface area contributed by atoms with Gasteiger partial charge >= 0.3 is 0 Å². The molecule has 3 saturated heterocycles. The zero-order valence-electron chi connectivity index (χ0n) is 16.0. The Morgan fingerprint density at radius 1 is 0.923 bits per heavy atom. The molecule has 0 aromatic heterocycles. The lowest BCUT2D eigenvalue weighted by molar-refractivity contribution is -0.253. The van der Waals surface area contributed by atoms with E-state index in [1.165, 1.54) is 0 Å². The molecule has 3 atom stereocenters. The van der Waals surface area contributed by atoms with Crippen LogP contribution in [0.1, 0.15) is 20.3 Å². The van der Waals surface area contributed by atoms with Gasteiger partial charge in [-0.25, -0.2) is 9.78 Å². The SMILES string of the molecule is CCC(COO)N1CCN2CCN(CCN(C(C)COO)CC1)C(=O)C2. The molecule has 0 aliphatic carbocycles. The van der Waals surface area contributed by atoms with Crippen molar-refractivity contribution < 1.29 is 25.1 Å². The lowest BCUT2D eigenvalue weighted by atomic mass is 10.1. The van der Waals surface area contributed by atoms with Gasteiger partial charge in [0.15, 0.2) is 0 Å². The summed E-state index contributed by atoms with van der Waals surface area (Å²) in [4.78, 5) is 29.9. The van der Waals surface area contributed by atoms with Crippen LogP contribution in [0.25, 0.3) is 0 Å². The number of hydrogen-bond acceptors (Lipinski definition) is 8. The second kappa shape index (κ2) is 11.1. The number of carbonyl (C=O) groups is 1. The van der Waals surface area contributed by atoms with Crippen molar-refractivity contribution in [3.8, 4) is 0 Å². The maximum atomic E-state index is 12.4. The van der Waals surface area contributed by atoms with Crippen molar-refractivity contribution in [2.24, 2.45) is 0 Å². The highest BCUT2D eigenvalue weighted by Gasteiger charge is 2.28. The molecule has 2 N–H and O–H groups in total. The number of rotatable bonds is 7. The molecular weight excluding hydrogens is 340 g/mol. The first-order valence-electron chi connectivity index (χ1n) is 9.60. The quantitative estimate of drug-likeness (QED) is 0.472. The Morgan fingerprint density at radius 3 is 2.15 bits per heavy atom. The van der Waals surface area contributed by atoms with Gasteiger partial charge in [0, 0.05) is 64.4 Å². The molecule has 0 saturated carbocycles. The Hall–Kier alpha value is -0.810. The molecule has 9 heteroatoms. The molecule has 3 fully saturated rings. The average Bonchev–Trinajstić information content (AvgIpc) is 2.62. The lowest BCUT2D eigenvalue weighted by Gasteiger charge is -2.40. The van der Waals surface area contributed by atoms with Crippen LogP contribution >= 0.6 is 0 Å². The summed E-state index contributed by atoms with van der Waals surface area (Å²) in [6, 6.07) is 0.182. The van der Waals surface area contributed by atoms with E-state index in [0.717, 1.165) is 52.2 Å². The number of nitrogens with zero attached hydrogens (tertiary/aromatic N) is 4. The Balaban J connectivity index is 2.11. The molecule has 3 heterocycles. The zero-order valence-corrected chi connectivity index (χ0v) is 16.0. The average molecular weight is 374 g/mol. The Kier molecular flexibility index (Phi) is 9.20. The highest BCUT2D eigenvalue weighted by atomic mass is 17.1. The van der Waals surface area contributed by atoms with E-state index in [1.54, 1.807) is 0 Å². The number of carbonyl (C=O) groups excluding carboxylic acids is 1. The summed E-state index contributed by atoms with van der Waals surface area (Å²) in [7, 11) is 0. The summed E-state index contributed by atoms with van der Waals surface area (Å²) < 4.78 is 0. The first-order valence-corrected chi connectivity index (χ1v) is 9.60. The maximum absolute atomic E-state index is 12.4. The molecule has 3 rings (SSSR count). The smallest absolute Gasteiger partial charge is 0.236 e. The van der Waals surface area contributed by atoms with Crippen molar-refractivity contribution in [2.45, 2.75) is 32.4 Å². The largest absolute Gasteiger partial charge is 0.339 e. The molecule has 0 aromatic rings. The van der Waals surface area contributed by atoms with Crippen molar-refractivity contribution in [1.82, 2.24) is 19.6 Å². The van der Waals surface area contributed by atoms with Crippen LogP contribution in [0.15, 0.2) is 0 Å². The number of amides is 1. The van der Waals surface area contributed by atoms with Crippen LogP contribution in [0.4, 0.5) is 0 Å². The number of fused-ring (bicyclic) bond motifs is 9. The second-order valence-corrected chi connectivity index (χ2v) is 7.23. The van der Waals surface area contributed by atoms with Crippen molar-refractivity contribution in [1.29, 1.82) is 0 Å². The van der Waals surface area contributed by atoms with E-state index in [4.69, 9.17) is 10.5 Å². The van der Waals surface area contributed by atoms with Crippen LogP contribution in [0.3, 0.4) is 0 Å². The van der Waals surface area contributed by atoms with Gasteiger partial charge in [-0.1, -0.05) is 6.92 Å². The molecule has 9 nitrogen and oxygen atoms in total. The number of piperazine rings is 1. The molecule has 3 aliphatic rings. The summed E-state index contributed by atoms with van der Waals surface area (Å²) in [6.45, 7) is 11.5. The zero-order chi connectivity index (χ0) is 18.9. The normalized spacial score (nSPS) is 26.4. The van der Waals surface area contributed by atoms with E-state index in [1.807, 2.05) is 11.8 Å². The second-order valence-electron chi connectivity index (χ2n) is 7.23. The molecule has 152 valence electrons. The third kappa shape index (κ3) is 6.12. The summed E-state index contributed by atoms with van der Waals surface area (Å²) in [5, 5.41) is 17.7. The van der Waals surface area contributed by atoms with Crippen LogP contribution in [0.2, 0.25) is 0 Å². The van der Waals surface area contributed by atoms with E-state index in [9.17, 15) is 4.79 Å². The van der Waals surface area contributed by atoms with Crippen LogP contribution in [-0.4, -0.2) is 120 Å². The summed E-state index contributed by atoms with van der Waals surface area (Å²) in [5.41, 5.74) is 0. The van der Waals surface area contributed by atoms with E-state index < -0.39 is 0 Å². The fourth-order valence-electron chi connectivity index (χ4n) is 3.77. The molecular formula is C17H34N4O5. The van der Waals surface area contributed by atoms with Crippen LogP contribution in [-0.2, 0) is 14.6 Å². The van der Waals surface area contributed by atoms with E-state index in [0.29, 0.717) is 13.1 Å². The van der Waals surface area contributed by atoms with Crippen LogP contribution in [0.5, 0.6) is 0 Å². The van der Waals surface area contributed by atoms with Gasteiger partial charge in [-0.05, 0) is 13.3 Å². The molecule has 0 spiro atoms. The Bertz CT molecular complexity index is 428. The summed E-state index contributed by atoms with van der Waals surface area (Å²) >= 11 is 0. The fraction of sp³-hybridized carbons (Fsp3) is 0.941. The highest BCUT2D eigenvalue weighted by Crippen LogP contribution is 2.11. The molecule has 2 bridgehead atoms. The molecule has 26 heavy (non-hydrogen) atoms. The van der Waals surface area contributed by atoms with Crippen molar-refractivity contribution in [2.75, 3.05) is 72.1 Å². The number of hydrogen-bond donors (Lipinski definition) is 2. The van der Waals surface area contributed by atoms with Gasteiger partial charge in [-0.2, -0.15) is 0 Å². The summed E-state index contributed by atoms with van der Waals surface area (Å²) in [6.07, 6.45) is 0.878. The molecule has 3 aliphatic heterocycles. The molecule has 1 amide bonds. The third-order valence-electron chi connectivity index (χ3n) is 5.63. The fourth-order valence-corrected chi connectivity index (χ4v) is 3.77. The Morgan fingerprint density at radius 2 is 1.50 bits per heavy atom. The molecule has 3 unspecified atom stereocenters. The summed E-state index contributed by atoms with van der Waals surface area (Å²) in [5.74, 6) is 0.181. The lowest BCUT2D eigenvalue weighted by Crippen LogP contribution is -2.56. The van der Waals surface area contributed by atoms with Crippen molar-refractivity contribution in [3.63, 3.8) is 0 Å². The van der Waals surface area contributed by atoms with E-state index >= 15 is 0 Å². The van der Waals surface area contributed by atoms with Crippen LogP contribution < -0.4 is 0 Å². The first kappa shape index (κ1) is 21.5. The highest BCUT2D eigenvalue weighted by molar-refractivity contribution is 5.79. The molecule has 0 aromatic carbocycles. The van der Waals surface area contributed by atoms with Crippen molar-refractivity contribution in [3.05, 3.63) is 0 Å². The third-order valence-corrected chi connectivity index (χ3v) is 5.63. The standard InChI is InChI=1S/C17H34N4O5/c1-3-16(14-26-24)20-6-4-18-5-7-21(17(22)12-18)11-9-19(8-10-20)15(2)13-25-23/h15-16,23-24H,3-14H2,1-2H3. The minimum Gasteiger partial charge on any atom is -0.339 e. The van der Waals surface area contributed by atoms with Gasteiger partial charge in [0.2, 0.25) is 5.91 Å². The van der Waals surface area contributed by atoms with E-state index in [-0.39, 0.29) is 31.2 Å². The van der Waals surface area contributed by atoms with Gasteiger partial charge in [0.05, 0.1) is 19.8 Å².